The molecule has 1 saturated heterocycles. The number of hydrogen-bond acceptors (Lipinski definition) is 3. The van der Waals surface area contributed by atoms with Crippen molar-refractivity contribution in [3.8, 4) is 0 Å². The number of aromatic nitrogens is 2. The van der Waals surface area contributed by atoms with E-state index >= 15 is 0 Å². The molecule has 2 heterocycles. The maximum atomic E-state index is 12.3. The molecule has 0 bridgehead atoms. The Morgan fingerprint density at radius 2 is 2.12 bits per heavy atom. The van der Waals surface area contributed by atoms with Crippen molar-refractivity contribution in [3.05, 3.63) is 46.8 Å². The SMILES string of the molecule is Cc1nn(C)c(Cl)c1/C=C/C(=O)Nc1ccccc1N1CCCC1=O. The largest absolute Gasteiger partial charge is 0.321 e. The fraction of sp³-hybridized carbons (Fsp3) is 0.278. The minimum Gasteiger partial charge on any atom is -0.321 e. The maximum absolute atomic E-state index is 12.3. The number of carbonyl (C=O) groups excluding carboxylic acids is 2. The maximum Gasteiger partial charge on any atom is 0.248 e. The highest BCUT2D eigenvalue weighted by molar-refractivity contribution is 6.31. The van der Waals surface area contributed by atoms with Gasteiger partial charge in [-0.05, 0) is 31.6 Å². The molecule has 6 nitrogen and oxygen atoms in total. The lowest BCUT2D eigenvalue weighted by Crippen LogP contribution is -2.25. The molecule has 3 rings (SSSR count). The minimum absolute atomic E-state index is 0.0787. The normalized spacial score (nSPS) is 14.5. The van der Waals surface area contributed by atoms with Gasteiger partial charge in [0.05, 0.1) is 17.1 Å². The third-order valence-corrected chi connectivity index (χ3v) is 4.57. The first kappa shape index (κ1) is 17.2. The van der Waals surface area contributed by atoms with E-state index in [9.17, 15) is 9.59 Å². The molecule has 0 unspecified atom stereocenters. The van der Waals surface area contributed by atoms with Crippen LogP contribution < -0.4 is 10.2 Å². The van der Waals surface area contributed by atoms with Crippen LogP contribution in [0.2, 0.25) is 5.15 Å². The monoisotopic (exact) mass is 358 g/mol. The lowest BCUT2D eigenvalue weighted by molar-refractivity contribution is -0.117. The molecule has 1 aliphatic rings. The van der Waals surface area contributed by atoms with Gasteiger partial charge in [-0.3, -0.25) is 14.3 Å². The molecular formula is C18H19ClN4O2. The standard InChI is InChI=1S/C18H19ClN4O2/c1-12-13(18(19)22(2)21-12)9-10-16(24)20-14-6-3-4-7-15(14)23-11-5-8-17(23)25/h3-4,6-7,9-10H,5,8,11H2,1-2H3,(H,20,24)/b10-9+. The first-order valence-corrected chi connectivity index (χ1v) is 8.42. The number of rotatable bonds is 4. The van der Waals surface area contributed by atoms with Crippen LogP contribution in [0.3, 0.4) is 0 Å². The van der Waals surface area contributed by atoms with Gasteiger partial charge >= 0.3 is 0 Å². The summed E-state index contributed by atoms with van der Waals surface area (Å²) in [5.74, 6) is -0.214. The van der Waals surface area contributed by atoms with Gasteiger partial charge in [0.25, 0.3) is 0 Å². The third-order valence-electron chi connectivity index (χ3n) is 4.12. The summed E-state index contributed by atoms with van der Waals surface area (Å²) in [5.41, 5.74) is 2.80. The Balaban J connectivity index is 1.77. The van der Waals surface area contributed by atoms with Gasteiger partial charge in [0, 0.05) is 31.7 Å². The predicted molar refractivity (Wildman–Crippen MR) is 98.6 cm³/mol. The number of nitrogens with one attached hydrogen (secondary N) is 1. The topological polar surface area (TPSA) is 67.2 Å². The third kappa shape index (κ3) is 3.58. The van der Waals surface area contributed by atoms with Gasteiger partial charge in [-0.2, -0.15) is 5.10 Å². The Labute approximate surface area is 151 Å². The fourth-order valence-electron chi connectivity index (χ4n) is 2.89. The molecule has 0 radical (unpaired) electrons. The Bertz CT molecular complexity index is 857. The van der Waals surface area contributed by atoms with E-state index in [1.165, 1.54) is 6.08 Å². The molecule has 0 spiro atoms. The number of para-hydroxylation sites is 2. The Morgan fingerprint density at radius 1 is 1.36 bits per heavy atom. The average molecular weight is 359 g/mol. The molecule has 0 atom stereocenters. The molecule has 130 valence electrons. The number of amides is 2. The van der Waals surface area contributed by atoms with Crippen LogP contribution in [0.25, 0.3) is 6.08 Å². The van der Waals surface area contributed by atoms with Crippen LogP contribution in [0.4, 0.5) is 11.4 Å². The molecule has 0 saturated carbocycles. The van der Waals surface area contributed by atoms with E-state index < -0.39 is 0 Å². The van der Waals surface area contributed by atoms with Gasteiger partial charge in [0.15, 0.2) is 0 Å². The molecule has 25 heavy (non-hydrogen) atoms. The Morgan fingerprint density at radius 3 is 2.76 bits per heavy atom. The molecule has 1 N–H and O–H groups in total. The van der Waals surface area contributed by atoms with Gasteiger partial charge in [0.1, 0.15) is 5.15 Å². The van der Waals surface area contributed by atoms with E-state index in [4.69, 9.17) is 11.6 Å². The van der Waals surface area contributed by atoms with E-state index in [-0.39, 0.29) is 11.8 Å². The first-order chi connectivity index (χ1) is 12.0. The second-order valence-corrected chi connectivity index (χ2v) is 6.26. The van der Waals surface area contributed by atoms with E-state index in [0.717, 1.165) is 17.8 Å². The van der Waals surface area contributed by atoms with Gasteiger partial charge in [0.2, 0.25) is 11.8 Å². The van der Waals surface area contributed by atoms with E-state index in [2.05, 4.69) is 10.4 Å². The lowest BCUT2D eigenvalue weighted by atomic mass is 10.2. The molecular weight excluding hydrogens is 340 g/mol. The van der Waals surface area contributed by atoms with Gasteiger partial charge in [-0.1, -0.05) is 23.7 Å². The van der Waals surface area contributed by atoms with Crippen LogP contribution in [0.1, 0.15) is 24.1 Å². The fourth-order valence-corrected chi connectivity index (χ4v) is 3.12. The zero-order valence-corrected chi connectivity index (χ0v) is 14.9. The van der Waals surface area contributed by atoms with Crippen molar-refractivity contribution < 1.29 is 9.59 Å². The number of anilines is 2. The molecule has 0 aliphatic carbocycles. The summed E-state index contributed by atoms with van der Waals surface area (Å²) in [6.07, 6.45) is 4.43. The second-order valence-electron chi connectivity index (χ2n) is 5.90. The van der Waals surface area contributed by atoms with E-state index in [0.29, 0.717) is 29.4 Å². The summed E-state index contributed by atoms with van der Waals surface area (Å²) >= 11 is 6.16. The van der Waals surface area contributed by atoms with Crippen LogP contribution >= 0.6 is 11.6 Å². The molecule has 1 aliphatic heterocycles. The number of carbonyl (C=O) groups is 2. The van der Waals surface area contributed by atoms with Crippen molar-refractivity contribution in [2.75, 3.05) is 16.8 Å². The summed E-state index contributed by atoms with van der Waals surface area (Å²) in [6, 6.07) is 7.30. The first-order valence-electron chi connectivity index (χ1n) is 8.05. The molecule has 2 aromatic rings. The minimum atomic E-state index is -0.293. The summed E-state index contributed by atoms with van der Waals surface area (Å²) in [5, 5.41) is 7.52. The number of aryl methyl sites for hydroxylation is 2. The summed E-state index contributed by atoms with van der Waals surface area (Å²) in [7, 11) is 1.75. The van der Waals surface area contributed by atoms with Crippen molar-refractivity contribution in [3.63, 3.8) is 0 Å². The van der Waals surface area contributed by atoms with Crippen molar-refractivity contribution in [1.82, 2.24) is 9.78 Å². The predicted octanol–water partition coefficient (Wildman–Crippen LogP) is 3.16. The molecule has 2 amide bonds. The summed E-state index contributed by atoms with van der Waals surface area (Å²) < 4.78 is 1.56. The van der Waals surface area contributed by atoms with E-state index in [1.807, 2.05) is 25.1 Å². The van der Waals surface area contributed by atoms with Crippen molar-refractivity contribution in [1.29, 1.82) is 0 Å². The van der Waals surface area contributed by atoms with Crippen LogP contribution in [0, 0.1) is 6.92 Å². The molecule has 1 fully saturated rings. The van der Waals surface area contributed by atoms with Crippen LogP contribution in [-0.2, 0) is 16.6 Å². The second kappa shape index (κ2) is 7.11. The summed E-state index contributed by atoms with van der Waals surface area (Å²) in [6.45, 7) is 2.50. The zero-order chi connectivity index (χ0) is 18.0. The van der Waals surface area contributed by atoms with Crippen molar-refractivity contribution in [2.24, 2.45) is 7.05 Å². The molecule has 1 aromatic carbocycles. The number of nitrogens with zero attached hydrogens (tertiary/aromatic N) is 3. The Kier molecular flexibility index (Phi) is 4.90. The van der Waals surface area contributed by atoms with Gasteiger partial charge in [-0.15, -0.1) is 0 Å². The highest BCUT2D eigenvalue weighted by Gasteiger charge is 2.23. The number of hydrogen-bond donors (Lipinski definition) is 1. The quantitative estimate of drug-likeness (QED) is 0.854. The average Bonchev–Trinajstić information content (AvgIpc) is 3.10. The Hall–Kier alpha value is -2.60. The van der Waals surface area contributed by atoms with Crippen molar-refractivity contribution >= 4 is 40.9 Å². The van der Waals surface area contributed by atoms with Gasteiger partial charge < -0.3 is 10.2 Å². The van der Waals surface area contributed by atoms with Gasteiger partial charge in [-0.25, -0.2) is 0 Å². The lowest BCUT2D eigenvalue weighted by Gasteiger charge is -2.19. The van der Waals surface area contributed by atoms with Crippen LogP contribution in [0.15, 0.2) is 30.3 Å². The summed E-state index contributed by atoms with van der Waals surface area (Å²) in [4.78, 5) is 26.0. The van der Waals surface area contributed by atoms with Crippen LogP contribution in [0.5, 0.6) is 0 Å². The van der Waals surface area contributed by atoms with E-state index in [1.54, 1.807) is 28.8 Å². The number of halogens is 1. The molecule has 7 heteroatoms. The zero-order valence-electron chi connectivity index (χ0n) is 14.1. The molecule has 1 aromatic heterocycles. The number of benzene rings is 1. The highest BCUT2D eigenvalue weighted by Crippen LogP contribution is 2.29. The van der Waals surface area contributed by atoms with Crippen LogP contribution in [-0.4, -0.2) is 28.1 Å². The smallest absolute Gasteiger partial charge is 0.248 e. The highest BCUT2D eigenvalue weighted by atomic mass is 35.5. The van der Waals surface area contributed by atoms with Crippen molar-refractivity contribution in [2.45, 2.75) is 19.8 Å².